The van der Waals surface area contributed by atoms with Crippen LogP contribution < -0.4 is 11.1 Å². The molecule has 2 heterocycles. The van der Waals surface area contributed by atoms with Crippen LogP contribution in [0.4, 0.5) is 5.82 Å². The summed E-state index contributed by atoms with van der Waals surface area (Å²) in [5, 5.41) is 3.34. The summed E-state index contributed by atoms with van der Waals surface area (Å²) in [6, 6.07) is 10.2. The smallest absolute Gasteiger partial charge is 0.154 e. The van der Waals surface area contributed by atoms with Crippen molar-refractivity contribution in [3.63, 3.8) is 0 Å². The number of pyridine rings is 1. The summed E-state index contributed by atoms with van der Waals surface area (Å²) in [6.45, 7) is 1.26. The maximum atomic E-state index is 5.66. The van der Waals surface area contributed by atoms with Crippen LogP contribution in [0.2, 0.25) is 0 Å². The van der Waals surface area contributed by atoms with Gasteiger partial charge in [-0.15, -0.1) is 0 Å². The molecule has 3 rings (SSSR count). The number of benzene rings is 1. The number of nitrogens with one attached hydrogen (secondary N) is 1. The number of fused-ring (bicyclic) bond motifs is 1. The van der Waals surface area contributed by atoms with Crippen molar-refractivity contribution in [1.29, 1.82) is 0 Å². The quantitative estimate of drug-likeness (QED) is 0.759. The molecule has 0 saturated heterocycles. The van der Waals surface area contributed by atoms with Crippen molar-refractivity contribution in [3.8, 4) is 0 Å². The number of rotatable bonds is 4. The highest BCUT2D eigenvalue weighted by Crippen LogP contribution is 2.19. The molecule has 0 aliphatic carbocycles. The summed E-state index contributed by atoms with van der Waals surface area (Å²) in [6.07, 6.45) is 3.59. The summed E-state index contributed by atoms with van der Waals surface area (Å²) in [7, 11) is 1.98. The minimum absolute atomic E-state index is 0.557. The summed E-state index contributed by atoms with van der Waals surface area (Å²) in [5.41, 5.74) is 9.93. The lowest BCUT2D eigenvalue weighted by atomic mass is 10.1. The molecule has 3 aromatic rings. The van der Waals surface area contributed by atoms with E-state index >= 15 is 0 Å². The van der Waals surface area contributed by atoms with Crippen LogP contribution in [-0.4, -0.2) is 14.5 Å². The van der Waals surface area contributed by atoms with Crippen molar-refractivity contribution in [2.45, 2.75) is 13.1 Å². The van der Waals surface area contributed by atoms with Crippen LogP contribution >= 0.6 is 0 Å². The molecular weight excluding hydrogens is 250 g/mol. The molecule has 2 aromatic heterocycles. The second kappa shape index (κ2) is 5.30. The van der Waals surface area contributed by atoms with E-state index in [1.807, 2.05) is 29.8 Å². The molecule has 0 radical (unpaired) electrons. The van der Waals surface area contributed by atoms with E-state index in [0.29, 0.717) is 13.1 Å². The first-order valence-electron chi connectivity index (χ1n) is 6.55. The molecule has 0 spiro atoms. The molecule has 3 N–H and O–H groups in total. The van der Waals surface area contributed by atoms with Crippen LogP contribution in [-0.2, 0) is 20.1 Å². The van der Waals surface area contributed by atoms with E-state index in [1.165, 1.54) is 5.56 Å². The van der Waals surface area contributed by atoms with Gasteiger partial charge in [-0.1, -0.05) is 24.3 Å². The third-order valence-electron chi connectivity index (χ3n) is 3.33. The van der Waals surface area contributed by atoms with Crippen molar-refractivity contribution in [2.24, 2.45) is 12.8 Å². The van der Waals surface area contributed by atoms with E-state index in [0.717, 1.165) is 22.4 Å². The molecule has 0 unspecified atom stereocenters. The van der Waals surface area contributed by atoms with Gasteiger partial charge in [0.15, 0.2) is 5.82 Å². The largest absolute Gasteiger partial charge is 0.364 e. The van der Waals surface area contributed by atoms with Crippen molar-refractivity contribution >= 4 is 16.9 Å². The molecular formula is C15H17N5. The SMILES string of the molecule is Cn1cnc2c(NCc3cccc(CN)c3)nccc21. The average Bonchev–Trinajstić information content (AvgIpc) is 2.88. The van der Waals surface area contributed by atoms with Gasteiger partial charge in [-0.25, -0.2) is 9.97 Å². The molecule has 0 aliphatic heterocycles. The maximum Gasteiger partial charge on any atom is 0.154 e. The van der Waals surface area contributed by atoms with Crippen LogP contribution in [0.15, 0.2) is 42.9 Å². The Morgan fingerprint density at radius 2 is 2.05 bits per heavy atom. The van der Waals surface area contributed by atoms with Gasteiger partial charge in [0.05, 0.1) is 11.8 Å². The van der Waals surface area contributed by atoms with Crippen LogP contribution in [0.5, 0.6) is 0 Å². The van der Waals surface area contributed by atoms with Gasteiger partial charge < -0.3 is 15.6 Å². The molecule has 20 heavy (non-hydrogen) atoms. The van der Waals surface area contributed by atoms with E-state index in [4.69, 9.17) is 5.73 Å². The third-order valence-corrected chi connectivity index (χ3v) is 3.33. The Hall–Kier alpha value is -2.40. The summed E-state index contributed by atoms with van der Waals surface area (Å²) in [5.74, 6) is 0.807. The van der Waals surface area contributed by atoms with Gasteiger partial charge in [0.2, 0.25) is 0 Å². The Labute approximate surface area is 117 Å². The van der Waals surface area contributed by atoms with Gasteiger partial charge in [0, 0.05) is 26.3 Å². The van der Waals surface area contributed by atoms with Crippen molar-refractivity contribution < 1.29 is 0 Å². The number of nitrogens with two attached hydrogens (primary N) is 1. The fourth-order valence-electron chi connectivity index (χ4n) is 2.24. The van der Waals surface area contributed by atoms with Crippen molar-refractivity contribution in [3.05, 3.63) is 54.0 Å². The lowest BCUT2D eigenvalue weighted by molar-refractivity contribution is 0.947. The van der Waals surface area contributed by atoms with Gasteiger partial charge in [0.25, 0.3) is 0 Å². The monoisotopic (exact) mass is 267 g/mol. The zero-order chi connectivity index (χ0) is 13.9. The number of nitrogens with zero attached hydrogens (tertiary/aromatic N) is 3. The Bertz CT molecular complexity index is 732. The Kier molecular flexibility index (Phi) is 3.35. The van der Waals surface area contributed by atoms with E-state index < -0.39 is 0 Å². The zero-order valence-electron chi connectivity index (χ0n) is 11.4. The van der Waals surface area contributed by atoms with Gasteiger partial charge in [0.1, 0.15) is 5.52 Å². The second-order valence-electron chi connectivity index (χ2n) is 4.76. The van der Waals surface area contributed by atoms with Crippen LogP contribution in [0.25, 0.3) is 11.0 Å². The third kappa shape index (κ3) is 2.35. The molecule has 0 aliphatic rings. The fraction of sp³-hybridized carbons (Fsp3) is 0.200. The Balaban J connectivity index is 1.83. The predicted octanol–water partition coefficient (Wildman–Crippen LogP) is 2.04. The average molecular weight is 267 g/mol. The Morgan fingerprint density at radius 1 is 1.20 bits per heavy atom. The standard InChI is InChI=1S/C15H17N5/c1-20-10-19-14-13(20)5-6-17-15(14)18-9-12-4-2-3-11(7-12)8-16/h2-7,10H,8-9,16H2,1H3,(H,17,18). The van der Waals surface area contributed by atoms with Crippen molar-refractivity contribution in [2.75, 3.05) is 5.32 Å². The van der Waals surface area contributed by atoms with Gasteiger partial charge in [-0.05, 0) is 17.2 Å². The first-order chi connectivity index (χ1) is 9.78. The zero-order valence-corrected chi connectivity index (χ0v) is 11.4. The number of aromatic nitrogens is 3. The first kappa shape index (κ1) is 12.6. The van der Waals surface area contributed by atoms with Gasteiger partial charge in [-0.3, -0.25) is 0 Å². The van der Waals surface area contributed by atoms with Crippen LogP contribution in [0, 0.1) is 0 Å². The lowest BCUT2D eigenvalue weighted by Gasteiger charge is -2.07. The molecule has 5 heteroatoms. The predicted molar refractivity (Wildman–Crippen MR) is 80.2 cm³/mol. The number of aryl methyl sites for hydroxylation is 1. The molecule has 0 amide bonds. The lowest BCUT2D eigenvalue weighted by Crippen LogP contribution is -2.03. The maximum absolute atomic E-state index is 5.66. The second-order valence-corrected chi connectivity index (χ2v) is 4.76. The number of imidazole rings is 1. The number of hydrogen-bond acceptors (Lipinski definition) is 4. The van der Waals surface area contributed by atoms with E-state index in [2.05, 4.69) is 27.4 Å². The highest BCUT2D eigenvalue weighted by atomic mass is 15.1. The topological polar surface area (TPSA) is 68.8 Å². The highest BCUT2D eigenvalue weighted by Gasteiger charge is 2.06. The summed E-state index contributed by atoms with van der Waals surface area (Å²) >= 11 is 0. The van der Waals surface area contributed by atoms with Gasteiger partial charge in [-0.2, -0.15) is 0 Å². The fourth-order valence-corrected chi connectivity index (χ4v) is 2.24. The molecule has 5 nitrogen and oxygen atoms in total. The highest BCUT2D eigenvalue weighted by molar-refractivity contribution is 5.85. The summed E-state index contributed by atoms with van der Waals surface area (Å²) in [4.78, 5) is 8.75. The molecule has 0 bridgehead atoms. The van der Waals surface area contributed by atoms with E-state index in [9.17, 15) is 0 Å². The molecule has 0 fully saturated rings. The summed E-state index contributed by atoms with van der Waals surface area (Å²) < 4.78 is 1.98. The van der Waals surface area contributed by atoms with Crippen molar-refractivity contribution in [1.82, 2.24) is 14.5 Å². The van der Waals surface area contributed by atoms with E-state index in [1.54, 1.807) is 12.5 Å². The van der Waals surface area contributed by atoms with Crippen LogP contribution in [0.1, 0.15) is 11.1 Å². The van der Waals surface area contributed by atoms with Gasteiger partial charge >= 0.3 is 0 Å². The molecule has 0 atom stereocenters. The Morgan fingerprint density at radius 3 is 2.90 bits per heavy atom. The molecule has 0 saturated carbocycles. The van der Waals surface area contributed by atoms with E-state index in [-0.39, 0.29) is 0 Å². The normalized spacial score (nSPS) is 10.9. The van der Waals surface area contributed by atoms with Crippen LogP contribution in [0.3, 0.4) is 0 Å². The minimum Gasteiger partial charge on any atom is -0.364 e. The minimum atomic E-state index is 0.557. The number of anilines is 1. The molecule has 102 valence electrons. The molecule has 1 aromatic carbocycles. The first-order valence-corrected chi connectivity index (χ1v) is 6.55. The number of hydrogen-bond donors (Lipinski definition) is 2.